The molecule has 0 aliphatic carbocycles. The first-order valence-electron chi connectivity index (χ1n) is 16.2. The minimum atomic E-state index is -4.41. The van der Waals surface area contributed by atoms with Crippen LogP contribution in [0.1, 0.15) is 22.8 Å². The molecule has 0 fully saturated rings. The van der Waals surface area contributed by atoms with E-state index in [0.717, 1.165) is 20.8 Å². The molecule has 1 amide bonds. The van der Waals surface area contributed by atoms with Crippen molar-refractivity contribution in [2.45, 2.75) is 12.6 Å². The molecular formula is C39H33FN5O6S+. The number of hydrogen-bond donors (Lipinski definition) is 2. The van der Waals surface area contributed by atoms with Gasteiger partial charge in [-0.3, -0.25) is 4.98 Å². The first-order chi connectivity index (χ1) is 25.1. The Morgan fingerprint density at radius 2 is 1.52 bits per heavy atom. The number of amides is 1. The minimum absolute atomic E-state index is 0.0600. The predicted molar refractivity (Wildman–Crippen MR) is 194 cm³/mol. The van der Waals surface area contributed by atoms with Crippen LogP contribution in [0.25, 0.3) is 21.7 Å². The summed E-state index contributed by atoms with van der Waals surface area (Å²) in [6, 6.07) is 31.4. The number of aromatic hydroxyl groups is 1. The van der Waals surface area contributed by atoms with Gasteiger partial charge in [0.1, 0.15) is 17.4 Å². The fraction of sp³-hybridized carbons (Fsp3) is 0.103. The Hall–Kier alpha value is -6.47. The fourth-order valence-corrected chi connectivity index (χ4v) is 6.74. The zero-order valence-corrected chi connectivity index (χ0v) is 28.9. The van der Waals surface area contributed by atoms with Gasteiger partial charge in [0.05, 0.1) is 17.3 Å². The molecule has 4 aromatic carbocycles. The van der Waals surface area contributed by atoms with Crippen molar-refractivity contribution in [2.75, 3.05) is 19.0 Å². The number of pyridine rings is 2. The summed E-state index contributed by atoms with van der Waals surface area (Å²) in [5.41, 5.74) is 3.34. The number of anilines is 1. The van der Waals surface area contributed by atoms with Crippen LogP contribution >= 0.6 is 0 Å². The smallest absolute Gasteiger partial charge is 0.475 e. The molecule has 2 N–H and O–H groups in total. The van der Waals surface area contributed by atoms with Crippen LogP contribution in [0.2, 0.25) is 0 Å². The van der Waals surface area contributed by atoms with Crippen molar-refractivity contribution in [3.63, 3.8) is 0 Å². The molecule has 0 radical (unpaired) electrons. The van der Waals surface area contributed by atoms with Crippen molar-refractivity contribution >= 4 is 43.7 Å². The second-order valence-electron chi connectivity index (χ2n) is 12.2. The van der Waals surface area contributed by atoms with Crippen LogP contribution in [0.3, 0.4) is 0 Å². The molecule has 0 atom stereocenters. The van der Waals surface area contributed by atoms with Crippen molar-refractivity contribution in [2.24, 2.45) is 0 Å². The normalized spacial score (nSPS) is 11.5. The molecule has 262 valence electrons. The summed E-state index contributed by atoms with van der Waals surface area (Å²) in [5, 5.41) is 12.6. The molecule has 0 aliphatic heterocycles. The van der Waals surface area contributed by atoms with Gasteiger partial charge in [-0.25, -0.2) is 9.18 Å². The number of rotatable bonds is 10. The number of carbonyl (C=O) groups excluding carboxylic acids is 1. The number of halogens is 1. The van der Waals surface area contributed by atoms with Crippen LogP contribution in [-0.2, 0) is 16.8 Å². The molecule has 7 aromatic rings. The summed E-state index contributed by atoms with van der Waals surface area (Å²) in [4.78, 5) is 19.8. The molecule has 0 saturated carbocycles. The van der Waals surface area contributed by atoms with Crippen molar-refractivity contribution in [3.8, 4) is 17.4 Å². The summed E-state index contributed by atoms with van der Waals surface area (Å²) < 4.78 is 57.1. The highest BCUT2D eigenvalue weighted by Gasteiger charge is 2.30. The van der Waals surface area contributed by atoms with Crippen LogP contribution in [0.15, 0.2) is 134 Å². The lowest BCUT2D eigenvalue weighted by molar-refractivity contribution is -0.512. The molecule has 13 heteroatoms. The van der Waals surface area contributed by atoms with E-state index in [1.165, 1.54) is 35.3 Å². The van der Waals surface area contributed by atoms with Crippen LogP contribution in [-0.4, -0.2) is 43.3 Å². The number of carbonyl (C=O) groups is 1. The zero-order valence-electron chi connectivity index (χ0n) is 28.0. The van der Waals surface area contributed by atoms with E-state index in [2.05, 4.69) is 4.98 Å². The Balaban J connectivity index is 1.37. The van der Waals surface area contributed by atoms with Gasteiger partial charge in [-0.05, 0) is 41.0 Å². The zero-order chi connectivity index (χ0) is 36.4. The van der Waals surface area contributed by atoms with E-state index in [-0.39, 0.29) is 40.2 Å². The third-order valence-electron chi connectivity index (χ3n) is 8.48. The van der Waals surface area contributed by atoms with Gasteiger partial charge in [0, 0.05) is 49.7 Å². The van der Waals surface area contributed by atoms with E-state index in [0.29, 0.717) is 10.9 Å². The lowest BCUT2D eigenvalue weighted by Crippen LogP contribution is -2.52. The summed E-state index contributed by atoms with van der Waals surface area (Å²) >= 11 is 0. The Morgan fingerprint density at radius 1 is 0.885 bits per heavy atom. The highest BCUT2D eigenvalue weighted by molar-refractivity contribution is 7.83. The minimum Gasteiger partial charge on any atom is -0.494 e. The van der Waals surface area contributed by atoms with E-state index >= 15 is 0 Å². The first kappa shape index (κ1) is 34.0. The number of fused-ring (bicyclic) bond motifs is 2. The third kappa shape index (κ3) is 6.81. The second kappa shape index (κ2) is 14.0. The van der Waals surface area contributed by atoms with Crippen LogP contribution in [0.4, 0.5) is 14.9 Å². The SMILES string of the molecule is CN(C)c1cc[n+](S(=O)(=O)NC(=O)Oc2c3cccnc3c(OC(c3ccccc3)c3ccccc3)c3c(O)n(Cc4ccc(F)cc4)cc23)cc1. The first-order valence-corrected chi connectivity index (χ1v) is 17.6. The lowest BCUT2D eigenvalue weighted by atomic mass is 10.0. The van der Waals surface area contributed by atoms with Gasteiger partial charge in [-0.15, -0.1) is 8.42 Å². The van der Waals surface area contributed by atoms with Crippen LogP contribution in [0.5, 0.6) is 17.4 Å². The average molecular weight is 719 g/mol. The van der Waals surface area contributed by atoms with Gasteiger partial charge < -0.3 is 24.0 Å². The van der Waals surface area contributed by atoms with Crippen LogP contribution in [0, 0.1) is 5.82 Å². The van der Waals surface area contributed by atoms with Gasteiger partial charge in [0.25, 0.3) is 0 Å². The fourth-order valence-electron chi connectivity index (χ4n) is 5.94. The standard InChI is InChI=1S/C39H32FN5O6S/c1-43(2)30-19-22-45(23-20-30)52(48,49)42-39(47)51-36-31-14-9-21-41-34(31)37(50-35(27-10-5-3-6-11-27)28-12-7-4-8-13-28)33-32(36)25-44(38(33)46)24-26-15-17-29(40)18-16-26/h3-23,25,35H,24H2,1-2H3,(H-,42,46,47)/p+1. The second-order valence-corrected chi connectivity index (χ2v) is 13.7. The maximum absolute atomic E-state index is 13.8. The Bertz CT molecular complexity index is 2450. The number of nitrogens with zero attached hydrogens (tertiary/aromatic N) is 4. The number of aromatic nitrogens is 3. The Kier molecular flexibility index (Phi) is 9.18. The summed E-state index contributed by atoms with van der Waals surface area (Å²) in [6.07, 6.45) is 3.78. The highest BCUT2D eigenvalue weighted by atomic mass is 32.2. The molecule has 0 aliphatic rings. The molecule has 0 spiro atoms. The third-order valence-corrected chi connectivity index (χ3v) is 9.70. The molecule has 0 saturated heterocycles. The van der Waals surface area contributed by atoms with E-state index in [9.17, 15) is 22.7 Å². The van der Waals surface area contributed by atoms with E-state index in [1.54, 1.807) is 47.5 Å². The Labute approximate surface area is 298 Å². The molecule has 7 rings (SSSR count). The highest BCUT2D eigenvalue weighted by Crippen LogP contribution is 2.48. The molecule has 52 heavy (non-hydrogen) atoms. The van der Waals surface area contributed by atoms with Crippen LogP contribution < -0.4 is 23.1 Å². The van der Waals surface area contributed by atoms with E-state index < -0.39 is 28.2 Å². The number of nitrogens with one attached hydrogen (secondary N) is 1. The lowest BCUT2D eigenvalue weighted by Gasteiger charge is -2.22. The Morgan fingerprint density at radius 3 is 2.13 bits per heavy atom. The summed E-state index contributed by atoms with van der Waals surface area (Å²) in [6.45, 7) is 0.115. The quantitative estimate of drug-likeness (QED) is 0.154. The average Bonchev–Trinajstić information content (AvgIpc) is 3.47. The maximum atomic E-state index is 13.8. The van der Waals surface area contributed by atoms with Gasteiger partial charge in [0.15, 0.2) is 23.9 Å². The molecule has 3 heterocycles. The van der Waals surface area contributed by atoms with E-state index in [1.807, 2.05) is 79.5 Å². The largest absolute Gasteiger partial charge is 0.494 e. The summed E-state index contributed by atoms with van der Waals surface area (Å²) in [7, 11) is -0.786. The molecule has 11 nitrogen and oxygen atoms in total. The van der Waals surface area contributed by atoms with Crippen molar-refractivity contribution in [1.82, 2.24) is 14.3 Å². The molecule has 3 aromatic heterocycles. The van der Waals surface area contributed by atoms with Crippen molar-refractivity contribution in [3.05, 3.63) is 156 Å². The molecular weight excluding hydrogens is 686 g/mol. The topological polar surface area (TPSA) is 127 Å². The van der Waals surface area contributed by atoms with Crippen molar-refractivity contribution in [1.29, 1.82) is 0 Å². The van der Waals surface area contributed by atoms with Gasteiger partial charge in [-0.2, -0.15) is 4.72 Å². The summed E-state index contributed by atoms with van der Waals surface area (Å²) in [5.74, 6) is -0.503. The molecule has 0 unspecified atom stereocenters. The van der Waals surface area contributed by atoms with Gasteiger partial charge in [0.2, 0.25) is 5.88 Å². The molecule has 0 bridgehead atoms. The number of benzene rings is 4. The van der Waals surface area contributed by atoms with E-state index in [4.69, 9.17) is 9.47 Å². The maximum Gasteiger partial charge on any atom is 0.475 e. The monoisotopic (exact) mass is 718 g/mol. The predicted octanol–water partition coefficient (Wildman–Crippen LogP) is 6.49. The number of ether oxygens (including phenoxy) is 2. The van der Waals surface area contributed by atoms with Gasteiger partial charge in [-0.1, -0.05) is 76.8 Å². The van der Waals surface area contributed by atoms with Crippen molar-refractivity contribution < 1.29 is 36.2 Å². The van der Waals surface area contributed by atoms with Gasteiger partial charge >= 0.3 is 16.3 Å². The number of hydrogen-bond acceptors (Lipinski definition) is 8.